The fraction of sp³-hybridized carbons (Fsp3) is 0.423. The van der Waals surface area contributed by atoms with Crippen LogP contribution in [0.25, 0.3) is 0 Å². The van der Waals surface area contributed by atoms with Crippen LogP contribution in [0.15, 0.2) is 48.5 Å². The van der Waals surface area contributed by atoms with Crippen molar-refractivity contribution in [2.24, 2.45) is 11.1 Å². The summed E-state index contributed by atoms with van der Waals surface area (Å²) in [6, 6.07) is 13.3. The second kappa shape index (κ2) is 9.39. The average Bonchev–Trinajstić information content (AvgIpc) is 2.75. The first-order valence-corrected chi connectivity index (χ1v) is 11.6. The predicted molar refractivity (Wildman–Crippen MR) is 131 cm³/mol. The van der Waals surface area contributed by atoms with Crippen molar-refractivity contribution in [3.8, 4) is 0 Å². The zero-order valence-corrected chi connectivity index (χ0v) is 20.8. The molecule has 1 fully saturated rings. The number of likely N-dealkylation sites (tertiary alicyclic amines) is 1. The Bertz CT molecular complexity index is 1100. The van der Waals surface area contributed by atoms with Gasteiger partial charge in [0.2, 0.25) is 11.8 Å². The number of hydrogen-bond acceptors (Lipinski definition) is 4. The van der Waals surface area contributed by atoms with E-state index in [-0.39, 0.29) is 17.9 Å². The molecule has 0 aromatic heterocycles. The first-order chi connectivity index (χ1) is 15.7. The highest BCUT2D eigenvalue weighted by Crippen LogP contribution is 2.46. The molecule has 8 heteroatoms. The SMILES string of the molecule is CC(C)(CC(=O)N1CC[C@](O)(c2ccc(Cl)cc2)C(C)(C)C1)NC(=O)c1cccc(C(N)=O)c1. The van der Waals surface area contributed by atoms with E-state index in [1.54, 1.807) is 43.0 Å². The quantitative estimate of drug-likeness (QED) is 0.581. The van der Waals surface area contributed by atoms with E-state index in [0.29, 0.717) is 30.1 Å². The summed E-state index contributed by atoms with van der Waals surface area (Å²) in [6.07, 6.45) is 0.476. The molecule has 1 heterocycles. The van der Waals surface area contributed by atoms with E-state index in [9.17, 15) is 19.5 Å². The number of nitrogens with two attached hydrogens (primary N) is 1. The van der Waals surface area contributed by atoms with Crippen molar-refractivity contribution >= 4 is 29.3 Å². The molecule has 7 nitrogen and oxygen atoms in total. The van der Waals surface area contributed by atoms with Crippen LogP contribution >= 0.6 is 11.6 Å². The molecule has 0 unspecified atom stereocenters. The monoisotopic (exact) mass is 485 g/mol. The summed E-state index contributed by atoms with van der Waals surface area (Å²) in [6.45, 7) is 8.21. The van der Waals surface area contributed by atoms with Crippen LogP contribution in [-0.4, -0.2) is 46.4 Å². The fourth-order valence-corrected chi connectivity index (χ4v) is 4.65. The normalized spacial score (nSPS) is 20.0. The molecule has 2 aromatic rings. The predicted octanol–water partition coefficient (Wildman–Crippen LogP) is 3.48. The lowest BCUT2D eigenvalue weighted by atomic mass is 9.66. The van der Waals surface area contributed by atoms with Gasteiger partial charge in [0.05, 0.1) is 5.60 Å². The number of rotatable bonds is 6. The number of primary amides is 1. The highest BCUT2D eigenvalue weighted by atomic mass is 35.5. The van der Waals surface area contributed by atoms with Crippen molar-refractivity contribution in [1.29, 1.82) is 0 Å². The van der Waals surface area contributed by atoms with E-state index in [1.807, 2.05) is 26.0 Å². The Morgan fingerprint density at radius 3 is 2.32 bits per heavy atom. The minimum Gasteiger partial charge on any atom is -0.384 e. The Labute approximate surface area is 205 Å². The third-order valence-electron chi connectivity index (χ3n) is 6.58. The Balaban J connectivity index is 1.67. The summed E-state index contributed by atoms with van der Waals surface area (Å²) in [7, 11) is 0. The maximum atomic E-state index is 13.2. The van der Waals surface area contributed by atoms with E-state index < -0.39 is 28.4 Å². The molecule has 3 amide bonds. The number of amides is 3. The Kier molecular flexibility index (Phi) is 7.10. The molecule has 0 aliphatic carbocycles. The van der Waals surface area contributed by atoms with Crippen LogP contribution in [0.5, 0.6) is 0 Å². The lowest BCUT2D eigenvalue weighted by Gasteiger charge is -2.51. The Hall–Kier alpha value is -2.90. The van der Waals surface area contributed by atoms with Crippen molar-refractivity contribution in [2.75, 3.05) is 13.1 Å². The molecule has 0 saturated carbocycles. The first-order valence-electron chi connectivity index (χ1n) is 11.2. The van der Waals surface area contributed by atoms with Gasteiger partial charge in [-0.2, -0.15) is 0 Å². The van der Waals surface area contributed by atoms with Crippen LogP contribution in [0.1, 0.15) is 66.8 Å². The summed E-state index contributed by atoms with van der Waals surface area (Å²) in [4.78, 5) is 39.0. The average molecular weight is 486 g/mol. The second-order valence-electron chi connectivity index (χ2n) is 10.3. The van der Waals surface area contributed by atoms with Gasteiger partial charge in [0.1, 0.15) is 0 Å². The largest absolute Gasteiger partial charge is 0.384 e. The van der Waals surface area contributed by atoms with Gasteiger partial charge < -0.3 is 21.1 Å². The van der Waals surface area contributed by atoms with Crippen LogP contribution in [0, 0.1) is 5.41 Å². The van der Waals surface area contributed by atoms with E-state index >= 15 is 0 Å². The minimum absolute atomic E-state index is 0.0870. The van der Waals surface area contributed by atoms with E-state index in [2.05, 4.69) is 5.32 Å². The zero-order valence-electron chi connectivity index (χ0n) is 20.0. The van der Waals surface area contributed by atoms with Crippen molar-refractivity contribution in [2.45, 2.75) is 51.7 Å². The number of hydrogen-bond donors (Lipinski definition) is 3. The van der Waals surface area contributed by atoms with Crippen LogP contribution in [0.2, 0.25) is 5.02 Å². The van der Waals surface area contributed by atoms with E-state index in [4.69, 9.17) is 17.3 Å². The number of piperidine rings is 1. The van der Waals surface area contributed by atoms with Crippen LogP contribution in [-0.2, 0) is 10.4 Å². The van der Waals surface area contributed by atoms with Crippen molar-refractivity contribution in [3.05, 3.63) is 70.2 Å². The van der Waals surface area contributed by atoms with Gasteiger partial charge >= 0.3 is 0 Å². The number of carbonyl (C=O) groups is 3. The van der Waals surface area contributed by atoms with Crippen LogP contribution in [0.3, 0.4) is 0 Å². The molecule has 4 N–H and O–H groups in total. The smallest absolute Gasteiger partial charge is 0.251 e. The zero-order chi connectivity index (χ0) is 25.3. The lowest BCUT2D eigenvalue weighted by molar-refractivity contribution is -0.154. The van der Waals surface area contributed by atoms with E-state index in [0.717, 1.165) is 5.56 Å². The number of nitrogens with zero attached hydrogens (tertiary/aromatic N) is 1. The van der Waals surface area contributed by atoms with Gasteiger partial charge in [-0.3, -0.25) is 14.4 Å². The van der Waals surface area contributed by atoms with Gasteiger partial charge in [0.25, 0.3) is 5.91 Å². The van der Waals surface area contributed by atoms with Crippen molar-refractivity contribution < 1.29 is 19.5 Å². The number of benzene rings is 2. The van der Waals surface area contributed by atoms with Gasteiger partial charge in [-0.25, -0.2) is 0 Å². The molecule has 34 heavy (non-hydrogen) atoms. The van der Waals surface area contributed by atoms with Gasteiger partial charge in [-0.1, -0.05) is 43.6 Å². The van der Waals surface area contributed by atoms with Crippen LogP contribution in [0.4, 0.5) is 0 Å². The molecular formula is C26H32ClN3O4. The van der Waals surface area contributed by atoms with E-state index in [1.165, 1.54) is 12.1 Å². The summed E-state index contributed by atoms with van der Waals surface area (Å²) in [5.41, 5.74) is 4.09. The number of halogens is 1. The molecule has 182 valence electrons. The first kappa shape index (κ1) is 25.7. The summed E-state index contributed by atoms with van der Waals surface area (Å²) in [5, 5.41) is 15.0. The second-order valence-corrected chi connectivity index (χ2v) is 10.7. The third kappa shape index (κ3) is 5.42. The molecule has 0 radical (unpaired) electrons. The maximum absolute atomic E-state index is 13.2. The number of aliphatic hydroxyl groups is 1. The minimum atomic E-state index is -1.09. The molecule has 1 aliphatic rings. The molecule has 1 aliphatic heterocycles. The summed E-state index contributed by atoms with van der Waals surface area (Å²) >= 11 is 6.00. The summed E-state index contributed by atoms with van der Waals surface area (Å²) < 4.78 is 0. The molecule has 2 aromatic carbocycles. The molecule has 1 atom stereocenters. The highest BCUT2D eigenvalue weighted by Gasteiger charge is 2.49. The molecular weight excluding hydrogens is 454 g/mol. The highest BCUT2D eigenvalue weighted by molar-refractivity contribution is 6.30. The third-order valence-corrected chi connectivity index (χ3v) is 6.83. The Morgan fingerprint density at radius 2 is 1.74 bits per heavy atom. The van der Waals surface area contributed by atoms with Gasteiger partial charge in [-0.15, -0.1) is 0 Å². The van der Waals surface area contributed by atoms with Gasteiger partial charge in [0.15, 0.2) is 0 Å². The van der Waals surface area contributed by atoms with Gasteiger partial charge in [-0.05, 0) is 56.2 Å². The topological polar surface area (TPSA) is 113 Å². The molecule has 0 spiro atoms. The molecule has 0 bridgehead atoms. The molecule has 3 rings (SSSR count). The molecule has 1 saturated heterocycles. The standard InChI is InChI=1S/C26H32ClN3O4/c1-24(2)16-30(13-12-26(24,34)19-8-10-20(27)11-9-19)21(31)15-25(3,4)29-23(33)18-7-5-6-17(14-18)22(28)32/h5-11,14,34H,12-13,15-16H2,1-4H3,(H2,28,32)(H,29,33)/t26-/m0/s1. The number of carbonyl (C=O) groups excluding carboxylic acids is 3. The van der Waals surface area contributed by atoms with Gasteiger partial charge in [0, 0.05) is 46.6 Å². The maximum Gasteiger partial charge on any atom is 0.251 e. The summed E-state index contributed by atoms with van der Waals surface area (Å²) in [5.74, 6) is -1.12. The lowest BCUT2D eigenvalue weighted by Crippen LogP contribution is -2.58. The fourth-order valence-electron chi connectivity index (χ4n) is 4.52. The van der Waals surface area contributed by atoms with Crippen molar-refractivity contribution in [3.63, 3.8) is 0 Å². The van der Waals surface area contributed by atoms with Crippen LogP contribution < -0.4 is 11.1 Å². The number of nitrogens with one attached hydrogen (secondary N) is 1. The Morgan fingerprint density at radius 1 is 1.12 bits per heavy atom. The van der Waals surface area contributed by atoms with Crippen molar-refractivity contribution in [1.82, 2.24) is 10.2 Å².